The minimum Gasteiger partial charge on any atom is -0.309 e. The molecular weight excluding hydrogens is 236 g/mol. The Hall–Kier alpha value is -0.130. The summed E-state index contributed by atoms with van der Waals surface area (Å²) in [6.07, 6.45) is 0.713. The van der Waals surface area contributed by atoms with Gasteiger partial charge in [-0.1, -0.05) is 6.92 Å². The van der Waals surface area contributed by atoms with Crippen molar-refractivity contribution in [3.05, 3.63) is 0 Å². The van der Waals surface area contributed by atoms with E-state index in [1.54, 1.807) is 0 Å². The molecule has 0 radical (unpaired) electrons. The summed E-state index contributed by atoms with van der Waals surface area (Å²) in [5.41, 5.74) is 0.0844. The summed E-state index contributed by atoms with van der Waals surface area (Å²) in [5.74, 6) is 0.609. The van der Waals surface area contributed by atoms with Crippen LogP contribution in [0.15, 0.2) is 0 Å². The van der Waals surface area contributed by atoms with Crippen molar-refractivity contribution < 1.29 is 8.42 Å². The Kier molecular flexibility index (Phi) is 4.98. The molecule has 1 unspecified atom stereocenters. The summed E-state index contributed by atoms with van der Waals surface area (Å²) in [4.78, 5) is 2.28. The maximum absolute atomic E-state index is 11.7. The lowest BCUT2D eigenvalue weighted by molar-refractivity contribution is 0.111. The largest absolute Gasteiger partial charge is 0.309 e. The van der Waals surface area contributed by atoms with Gasteiger partial charge in [-0.25, -0.2) is 8.42 Å². The van der Waals surface area contributed by atoms with E-state index in [0.29, 0.717) is 30.5 Å². The second-order valence-electron chi connectivity index (χ2n) is 5.74. The highest BCUT2D eigenvalue weighted by Crippen LogP contribution is 2.14. The molecule has 0 aromatic carbocycles. The minimum atomic E-state index is -2.85. The Morgan fingerprint density at radius 3 is 2.59 bits per heavy atom. The SMILES string of the molecule is CCCS(=O)(=O)CCN1CC(C)(C)NCC1C. The number of sulfone groups is 1. The Balaban J connectivity index is 2.50. The van der Waals surface area contributed by atoms with Gasteiger partial charge in [0.25, 0.3) is 0 Å². The van der Waals surface area contributed by atoms with Gasteiger partial charge in [-0.3, -0.25) is 4.90 Å². The fourth-order valence-corrected chi connectivity index (χ4v) is 3.58. The maximum atomic E-state index is 11.7. The Labute approximate surface area is 106 Å². The van der Waals surface area contributed by atoms with E-state index in [4.69, 9.17) is 0 Å². The molecule has 0 aliphatic carbocycles. The van der Waals surface area contributed by atoms with Crippen LogP contribution >= 0.6 is 0 Å². The first-order chi connectivity index (χ1) is 7.76. The van der Waals surface area contributed by atoms with Crippen molar-refractivity contribution in [1.82, 2.24) is 10.2 Å². The molecule has 0 saturated carbocycles. The van der Waals surface area contributed by atoms with Crippen molar-refractivity contribution in [3.63, 3.8) is 0 Å². The van der Waals surface area contributed by atoms with Crippen molar-refractivity contribution in [2.24, 2.45) is 0 Å². The number of nitrogens with zero attached hydrogens (tertiary/aromatic N) is 1. The van der Waals surface area contributed by atoms with Crippen LogP contribution in [0.3, 0.4) is 0 Å². The molecule has 102 valence electrons. The van der Waals surface area contributed by atoms with Gasteiger partial charge in [-0.05, 0) is 27.2 Å². The molecule has 0 aromatic heterocycles. The third kappa shape index (κ3) is 4.94. The molecule has 1 saturated heterocycles. The van der Waals surface area contributed by atoms with Crippen LogP contribution in [0, 0.1) is 0 Å². The van der Waals surface area contributed by atoms with E-state index in [0.717, 1.165) is 13.1 Å². The molecule has 1 rings (SSSR count). The van der Waals surface area contributed by atoms with E-state index in [2.05, 4.69) is 31.0 Å². The molecule has 0 spiro atoms. The van der Waals surface area contributed by atoms with Gasteiger partial charge in [0.05, 0.1) is 5.75 Å². The van der Waals surface area contributed by atoms with Crippen molar-refractivity contribution in [2.75, 3.05) is 31.1 Å². The van der Waals surface area contributed by atoms with Gasteiger partial charge in [0, 0.05) is 37.0 Å². The zero-order valence-corrected chi connectivity index (χ0v) is 12.3. The number of hydrogen-bond donors (Lipinski definition) is 1. The van der Waals surface area contributed by atoms with Gasteiger partial charge < -0.3 is 5.32 Å². The van der Waals surface area contributed by atoms with Crippen LogP contribution in [0.5, 0.6) is 0 Å². The molecular formula is C12H26N2O2S. The van der Waals surface area contributed by atoms with Gasteiger partial charge in [0.15, 0.2) is 9.84 Å². The van der Waals surface area contributed by atoms with E-state index >= 15 is 0 Å². The molecule has 1 fully saturated rings. The van der Waals surface area contributed by atoms with Crippen molar-refractivity contribution in [1.29, 1.82) is 0 Å². The van der Waals surface area contributed by atoms with Gasteiger partial charge in [0.1, 0.15) is 0 Å². The van der Waals surface area contributed by atoms with E-state index in [1.165, 1.54) is 0 Å². The molecule has 1 aliphatic rings. The Morgan fingerprint density at radius 2 is 2.00 bits per heavy atom. The smallest absolute Gasteiger partial charge is 0.151 e. The maximum Gasteiger partial charge on any atom is 0.151 e. The molecule has 0 bridgehead atoms. The van der Waals surface area contributed by atoms with Crippen LogP contribution < -0.4 is 5.32 Å². The first kappa shape index (κ1) is 14.9. The zero-order chi connectivity index (χ0) is 13.1. The lowest BCUT2D eigenvalue weighted by Crippen LogP contribution is -2.61. The van der Waals surface area contributed by atoms with Crippen LogP contribution in [-0.2, 0) is 9.84 Å². The average Bonchev–Trinajstić information content (AvgIpc) is 2.19. The van der Waals surface area contributed by atoms with Gasteiger partial charge in [0.2, 0.25) is 0 Å². The molecule has 0 aromatic rings. The molecule has 1 aliphatic heterocycles. The second kappa shape index (κ2) is 5.67. The first-order valence-corrected chi connectivity index (χ1v) is 8.27. The summed E-state index contributed by atoms with van der Waals surface area (Å²) in [5, 5.41) is 3.47. The summed E-state index contributed by atoms with van der Waals surface area (Å²) in [7, 11) is -2.85. The van der Waals surface area contributed by atoms with Crippen LogP contribution in [0.25, 0.3) is 0 Å². The Morgan fingerprint density at radius 1 is 1.35 bits per heavy atom. The Bertz CT molecular complexity index is 338. The minimum absolute atomic E-state index is 0.0844. The predicted octanol–water partition coefficient (Wildman–Crippen LogP) is 0.884. The number of piperazine rings is 1. The highest BCUT2D eigenvalue weighted by atomic mass is 32.2. The fourth-order valence-electron chi connectivity index (χ4n) is 2.24. The van der Waals surface area contributed by atoms with Crippen LogP contribution in [0.1, 0.15) is 34.1 Å². The van der Waals surface area contributed by atoms with Gasteiger partial charge >= 0.3 is 0 Å². The quantitative estimate of drug-likeness (QED) is 0.799. The van der Waals surface area contributed by atoms with E-state index < -0.39 is 9.84 Å². The first-order valence-electron chi connectivity index (χ1n) is 6.45. The lowest BCUT2D eigenvalue weighted by Gasteiger charge is -2.43. The monoisotopic (exact) mass is 262 g/mol. The molecule has 17 heavy (non-hydrogen) atoms. The number of nitrogens with one attached hydrogen (secondary N) is 1. The molecule has 1 heterocycles. The molecule has 1 N–H and O–H groups in total. The van der Waals surface area contributed by atoms with Crippen molar-refractivity contribution in [3.8, 4) is 0 Å². The van der Waals surface area contributed by atoms with E-state index in [9.17, 15) is 8.42 Å². The standard InChI is InChI=1S/C12H26N2O2S/c1-5-7-17(15,16)8-6-14-10-12(3,4)13-9-11(14)2/h11,13H,5-10H2,1-4H3. The molecule has 1 atom stereocenters. The second-order valence-corrected chi connectivity index (χ2v) is 8.04. The number of hydrogen-bond acceptors (Lipinski definition) is 4. The summed E-state index contributed by atoms with van der Waals surface area (Å²) >= 11 is 0. The topological polar surface area (TPSA) is 49.4 Å². The highest BCUT2D eigenvalue weighted by Gasteiger charge is 2.30. The number of rotatable bonds is 5. The van der Waals surface area contributed by atoms with Gasteiger partial charge in [-0.15, -0.1) is 0 Å². The molecule has 0 amide bonds. The summed E-state index contributed by atoms with van der Waals surface area (Å²) in [6.45, 7) is 10.9. The van der Waals surface area contributed by atoms with Crippen molar-refractivity contribution in [2.45, 2.75) is 45.7 Å². The predicted molar refractivity (Wildman–Crippen MR) is 72.1 cm³/mol. The zero-order valence-electron chi connectivity index (χ0n) is 11.5. The average molecular weight is 262 g/mol. The fraction of sp³-hybridized carbons (Fsp3) is 1.00. The summed E-state index contributed by atoms with van der Waals surface area (Å²) < 4.78 is 23.4. The third-order valence-electron chi connectivity index (χ3n) is 3.30. The molecule has 4 nitrogen and oxygen atoms in total. The van der Waals surface area contributed by atoms with Crippen LogP contribution in [0.2, 0.25) is 0 Å². The van der Waals surface area contributed by atoms with Crippen LogP contribution in [-0.4, -0.2) is 56.0 Å². The van der Waals surface area contributed by atoms with E-state index in [-0.39, 0.29) is 5.54 Å². The normalized spacial score (nSPS) is 26.0. The van der Waals surface area contributed by atoms with Gasteiger partial charge in [-0.2, -0.15) is 0 Å². The molecule has 5 heteroatoms. The highest BCUT2D eigenvalue weighted by molar-refractivity contribution is 7.91. The third-order valence-corrected chi connectivity index (χ3v) is 5.14. The van der Waals surface area contributed by atoms with E-state index in [1.807, 2.05) is 6.92 Å². The summed E-state index contributed by atoms with van der Waals surface area (Å²) in [6, 6.07) is 0.417. The van der Waals surface area contributed by atoms with Crippen molar-refractivity contribution >= 4 is 9.84 Å². The van der Waals surface area contributed by atoms with Crippen LogP contribution in [0.4, 0.5) is 0 Å². The lowest BCUT2D eigenvalue weighted by atomic mass is 9.99.